The molecule has 0 aliphatic carbocycles. The van der Waals surface area contributed by atoms with Gasteiger partial charge in [-0.2, -0.15) is 0 Å². The lowest BCUT2D eigenvalue weighted by molar-refractivity contribution is 0.175. The number of aromatic nitrogens is 1. The van der Waals surface area contributed by atoms with Crippen LogP contribution in [-0.4, -0.2) is 41.2 Å². The second-order valence-electron chi connectivity index (χ2n) is 5.24. The number of nitrogens with zero attached hydrogens (tertiary/aromatic N) is 2. The fraction of sp³-hybridized carbons (Fsp3) is 0.533. The van der Waals surface area contributed by atoms with Gasteiger partial charge in [-0.1, -0.05) is 12.1 Å². The first-order valence-corrected chi connectivity index (χ1v) is 7.05. The normalized spacial score (nSPS) is 21.0. The third-order valence-corrected chi connectivity index (χ3v) is 3.80. The fourth-order valence-corrected chi connectivity index (χ4v) is 2.82. The fourth-order valence-electron chi connectivity index (χ4n) is 2.82. The molecule has 1 saturated heterocycles. The molecule has 4 heteroatoms. The second kappa shape index (κ2) is 5.72. The molecule has 2 heterocycles. The highest BCUT2D eigenvalue weighted by Crippen LogP contribution is 2.28. The summed E-state index contributed by atoms with van der Waals surface area (Å²) < 4.78 is 5.87. The van der Waals surface area contributed by atoms with E-state index in [-0.39, 0.29) is 6.61 Å². The molecule has 0 saturated carbocycles. The maximum absolute atomic E-state index is 8.92. The Morgan fingerprint density at radius 3 is 3.11 bits per heavy atom. The van der Waals surface area contributed by atoms with Gasteiger partial charge in [0.15, 0.2) is 11.5 Å². The summed E-state index contributed by atoms with van der Waals surface area (Å²) in [5.74, 6) is 1.26. The van der Waals surface area contributed by atoms with Crippen LogP contribution in [-0.2, 0) is 0 Å². The van der Waals surface area contributed by atoms with E-state index in [1.165, 1.54) is 6.42 Å². The van der Waals surface area contributed by atoms with E-state index in [2.05, 4.69) is 9.88 Å². The van der Waals surface area contributed by atoms with Crippen molar-refractivity contribution in [1.29, 1.82) is 0 Å². The summed E-state index contributed by atoms with van der Waals surface area (Å²) >= 11 is 0. The van der Waals surface area contributed by atoms with Crippen LogP contribution in [0, 0.1) is 0 Å². The minimum atomic E-state index is 0.268. The molecule has 0 spiro atoms. The Balaban J connectivity index is 1.73. The number of oxazole rings is 1. The van der Waals surface area contributed by atoms with Gasteiger partial charge in [-0.15, -0.1) is 0 Å². The van der Waals surface area contributed by atoms with Crippen molar-refractivity contribution < 1.29 is 9.52 Å². The number of likely N-dealkylation sites (tertiary alicyclic amines) is 1. The molecule has 1 unspecified atom stereocenters. The number of para-hydroxylation sites is 2. The number of piperidine rings is 1. The topological polar surface area (TPSA) is 49.5 Å². The average molecular weight is 260 g/mol. The summed E-state index contributed by atoms with van der Waals surface area (Å²) in [5, 5.41) is 8.92. The summed E-state index contributed by atoms with van der Waals surface area (Å²) in [6.07, 6.45) is 3.16. The Hall–Kier alpha value is -1.39. The Labute approximate surface area is 113 Å². The van der Waals surface area contributed by atoms with Gasteiger partial charge in [-0.25, -0.2) is 4.98 Å². The van der Waals surface area contributed by atoms with Crippen LogP contribution >= 0.6 is 0 Å². The lowest BCUT2D eigenvalue weighted by Gasteiger charge is -2.30. The maximum atomic E-state index is 8.92. The molecule has 0 bridgehead atoms. The first-order chi connectivity index (χ1) is 9.36. The molecule has 1 aliphatic rings. The molecule has 1 N–H and O–H groups in total. The minimum absolute atomic E-state index is 0.268. The van der Waals surface area contributed by atoms with Crippen LogP contribution in [0.5, 0.6) is 0 Å². The molecule has 3 rings (SSSR count). The van der Waals surface area contributed by atoms with Crippen LogP contribution in [0.4, 0.5) is 0 Å². The summed E-state index contributed by atoms with van der Waals surface area (Å²) in [4.78, 5) is 7.01. The van der Waals surface area contributed by atoms with Gasteiger partial charge in [-0.05, 0) is 37.9 Å². The molecule has 1 aromatic carbocycles. The largest absolute Gasteiger partial charge is 0.440 e. The summed E-state index contributed by atoms with van der Waals surface area (Å²) in [6.45, 7) is 3.35. The highest BCUT2D eigenvalue weighted by Gasteiger charge is 2.24. The quantitative estimate of drug-likeness (QED) is 0.917. The predicted molar refractivity (Wildman–Crippen MR) is 74.1 cm³/mol. The van der Waals surface area contributed by atoms with Gasteiger partial charge in [0, 0.05) is 25.6 Å². The number of aliphatic hydroxyl groups is 1. The molecule has 19 heavy (non-hydrogen) atoms. The van der Waals surface area contributed by atoms with Gasteiger partial charge < -0.3 is 14.4 Å². The molecule has 102 valence electrons. The molecule has 2 aromatic rings. The van der Waals surface area contributed by atoms with E-state index in [4.69, 9.17) is 9.52 Å². The van der Waals surface area contributed by atoms with Crippen molar-refractivity contribution in [3.8, 4) is 0 Å². The van der Waals surface area contributed by atoms with Gasteiger partial charge in [-0.3, -0.25) is 0 Å². The number of hydrogen-bond acceptors (Lipinski definition) is 4. The molecule has 0 amide bonds. The number of hydrogen-bond donors (Lipinski definition) is 1. The minimum Gasteiger partial charge on any atom is -0.440 e. The zero-order valence-corrected chi connectivity index (χ0v) is 11.1. The summed E-state index contributed by atoms with van der Waals surface area (Å²) in [6, 6.07) is 7.93. The van der Waals surface area contributed by atoms with Gasteiger partial charge in [0.05, 0.1) is 0 Å². The summed E-state index contributed by atoms with van der Waals surface area (Å²) in [7, 11) is 0. The molecule has 4 nitrogen and oxygen atoms in total. The van der Waals surface area contributed by atoms with Crippen molar-refractivity contribution in [1.82, 2.24) is 9.88 Å². The van der Waals surface area contributed by atoms with Gasteiger partial charge in [0.1, 0.15) is 5.52 Å². The lowest BCUT2D eigenvalue weighted by Crippen LogP contribution is -2.35. The number of aliphatic hydroxyl groups excluding tert-OH is 1. The van der Waals surface area contributed by atoms with Crippen molar-refractivity contribution in [3.05, 3.63) is 30.2 Å². The monoisotopic (exact) mass is 260 g/mol. The molecule has 1 fully saturated rings. The molecule has 1 atom stereocenters. The molecule has 1 aromatic heterocycles. The van der Waals surface area contributed by atoms with E-state index in [9.17, 15) is 0 Å². The zero-order valence-electron chi connectivity index (χ0n) is 11.1. The number of fused-ring (bicyclic) bond motifs is 1. The second-order valence-corrected chi connectivity index (χ2v) is 5.24. The Morgan fingerprint density at radius 1 is 1.37 bits per heavy atom. The standard InChI is InChI=1S/C15H20N2O2/c18-10-4-9-17-8-3-5-12(11-17)15-16-13-6-1-2-7-14(13)19-15/h1-2,6-7,12,18H,3-5,8-11H2. The van der Waals surface area contributed by atoms with Crippen molar-refractivity contribution in [2.75, 3.05) is 26.2 Å². The van der Waals surface area contributed by atoms with Gasteiger partial charge in [0.25, 0.3) is 0 Å². The van der Waals surface area contributed by atoms with E-state index in [1.807, 2.05) is 24.3 Å². The van der Waals surface area contributed by atoms with E-state index in [0.717, 1.165) is 49.5 Å². The summed E-state index contributed by atoms with van der Waals surface area (Å²) in [5.41, 5.74) is 1.83. The van der Waals surface area contributed by atoms with Gasteiger partial charge in [0.2, 0.25) is 0 Å². The molecular weight excluding hydrogens is 240 g/mol. The predicted octanol–water partition coefficient (Wildman–Crippen LogP) is 2.39. The molecule has 0 radical (unpaired) electrons. The van der Waals surface area contributed by atoms with Crippen LogP contribution < -0.4 is 0 Å². The average Bonchev–Trinajstić information content (AvgIpc) is 2.89. The zero-order chi connectivity index (χ0) is 13.1. The van der Waals surface area contributed by atoms with E-state index < -0.39 is 0 Å². The van der Waals surface area contributed by atoms with Crippen LogP contribution in [0.2, 0.25) is 0 Å². The van der Waals surface area contributed by atoms with E-state index in [0.29, 0.717) is 5.92 Å². The first-order valence-electron chi connectivity index (χ1n) is 7.05. The number of benzene rings is 1. The highest BCUT2D eigenvalue weighted by atomic mass is 16.3. The maximum Gasteiger partial charge on any atom is 0.199 e. The Bertz CT molecular complexity index is 505. The van der Waals surface area contributed by atoms with E-state index >= 15 is 0 Å². The third kappa shape index (κ3) is 2.80. The van der Waals surface area contributed by atoms with Crippen molar-refractivity contribution in [2.24, 2.45) is 0 Å². The SMILES string of the molecule is OCCCN1CCCC(c2nc3ccccc3o2)C1. The van der Waals surface area contributed by atoms with Crippen LogP contribution in [0.1, 0.15) is 31.1 Å². The third-order valence-electron chi connectivity index (χ3n) is 3.80. The van der Waals surface area contributed by atoms with E-state index in [1.54, 1.807) is 0 Å². The van der Waals surface area contributed by atoms with Gasteiger partial charge >= 0.3 is 0 Å². The smallest absolute Gasteiger partial charge is 0.199 e. The lowest BCUT2D eigenvalue weighted by atomic mass is 9.98. The van der Waals surface area contributed by atoms with Crippen molar-refractivity contribution in [3.63, 3.8) is 0 Å². The van der Waals surface area contributed by atoms with Crippen LogP contribution in [0.3, 0.4) is 0 Å². The van der Waals surface area contributed by atoms with Crippen molar-refractivity contribution >= 4 is 11.1 Å². The number of rotatable bonds is 4. The van der Waals surface area contributed by atoms with Crippen LogP contribution in [0.15, 0.2) is 28.7 Å². The molecular formula is C15H20N2O2. The van der Waals surface area contributed by atoms with Crippen molar-refractivity contribution in [2.45, 2.75) is 25.2 Å². The Morgan fingerprint density at radius 2 is 2.26 bits per heavy atom. The Kier molecular flexibility index (Phi) is 3.80. The first kappa shape index (κ1) is 12.6. The molecule has 1 aliphatic heterocycles. The highest BCUT2D eigenvalue weighted by molar-refractivity contribution is 5.72. The van der Waals surface area contributed by atoms with Crippen LogP contribution in [0.25, 0.3) is 11.1 Å².